The van der Waals surface area contributed by atoms with E-state index in [2.05, 4.69) is 20.8 Å². The molecule has 3 amide bonds. The van der Waals surface area contributed by atoms with Gasteiger partial charge in [0.25, 0.3) is 5.91 Å². The molecule has 11 nitrogen and oxygen atoms in total. The zero-order valence-corrected chi connectivity index (χ0v) is 18.9. The lowest BCUT2D eigenvalue weighted by Crippen LogP contribution is -2.41. The third kappa shape index (κ3) is 3.91. The Labute approximate surface area is 190 Å². The Kier molecular flexibility index (Phi) is 5.81. The van der Waals surface area contributed by atoms with E-state index in [0.717, 1.165) is 16.3 Å². The molecule has 1 atom stereocenters. The normalized spacial score (nSPS) is 18.1. The molecule has 172 valence electrons. The molecule has 1 aliphatic heterocycles. The standard InChI is InChI=1S/C22H25N7O4/c1-14-10-18(15(2)27(14)8-9-33-4)19(30)12-28-20(31)22(3,24-21(28)32)16-6-5-7-17(11-16)29-13-23-25-26-29/h5-7,10-11,13H,8-9,12H2,1-4H3,(H,24,32)/t22-/m0/s1. The van der Waals surface area contributed by atoms with Gasteiger partial charge in [-0.25, -0.2) is 9.48 Å². The van der Waals surface area contributed by atoms with Gasteiger partial charge in [-0.3, -0.25) is 14.5 Å². The molecule has 4 rings (SSSR count). The number of Topliss-reactive ketones (excluding diaryl/α,β-unsaturated/α-hetero) is 1. The van der Waals surface area contributed by atoms with Gasteiger partial charge in [0.1, 0.15) is 11.9 Å². The SMILES string of the molecule is COCCn1c(C)cc(C(=O)CN2C(=O)N[C@@](C)(c3cccc(-n4cnnn4)c3)C2=O)c1C. The number of imide groups is 1. The summed E-state index contributed by atoms with van der Waals surface area (Å²) in [6.07, 6.45) is 1.44. The molecular formula is C22H25N7O4. The fourth-order valence-corrected chi connectivity index (χ4v) is 4.11. The second-order valence-electron chi connectivity index (χ2n) is 8.10. The summed E-state index contributed by atoms with van der Waals surface area (Å²) in [5, 5.41) is 13.8. The van der Waals surface area contributed by atoms with Crippen LogP contribution in [0, 0.1) is 13.8 Å². The van der Waals surface area contributed by atoms with E-state index >= 15 is 0 Å². The van der Waals surface area contributed by atoms with Crippen molar-refractivity contribution in [3.05, 3.63) is 59.2 Å². The first-order valence-corrected chi connectivity index (χ1v) is 10.4. The highest BCUT2D eigenvalue weighted by Crippen LogP contribution is 2.30. The number of aryl methyl sites for hydroxylation is 1. The summed E-state index contributed by atoms with van der Waals surface area (Å²) < 4.78 is 8.57. The minimum atomic E-state index is -1.32. The van der Waals surface area contributed by atoms with Crippen molar-refractivity contribution in [1.82, 2.24) is 35.0 Å². The maximum atomic E-state index is 13.3. The molecule has 0 aliphatic carbocycles. The first-order valence-electron chi connectivity index (χ1n) is 10.4. The van der Waals surface area contributed by atoms with Crippen LogP contribution in [0.2, 0.25) is 0 Å². The van der Waals surface area contributed by atoms with Crippen LogP contribution in [0.25, 0.3) is 5.69 Å². The number of nitrogens with zero attached hydrogens (tertiary/aromatic N) is 6. The van der Waals surface area contributed by atoms with E-state index in [1.54, 1.807) is 44.4 Å². The number of ether oxygens (including phenoxy) is 1. The minimum Gasteiger partial charge on any atom is -0.383 e. The molecule has 11 heteroatoms. The highest BCUT2D eigenvalue weighted by atomic mass is 16.5. The number of ketones is 1. The van der Waals surface area contributed by atoms with Crippen LogP contribution in [0.15, 0.2) is 36.7 Å². The van der Waals surface area contributed by atoms with E-state index in [1.165, 1.54) is 11.0 Å². The topological polar surface area (TPSA) is 124 Å². The summed E-state index contributed by atoms with van der Waals surface area (Å²) in [6.45, 7) is 6.14. The summed E-state index contributed by atoms with van der Waals surface area (Å²) in [5.74, 6) is -0.801. The number of hydrogen-bond donors (Lipinski definition) is 1. The Morgan fingerprint density at radius 1 is 1.21 bits per heavy atom. The number of aromatic nitrogens is 5. The number of carbonyl (C=O) groups excluding carboxylic acids is 3. The van der Waals surface area contributed by atoms with Gasteiger partial charge in [-0.05, 0) is 55.0 Å². The highest BCUT2D eigenvalue weighted by molar-refractivity contribution is 6.11. The maximum absolute atomic E-state index is 13.3. The Morgan fingerprint density at radius 2 is 2.00 bits per heavy atom. The molecule has 1 aliphatic rings. The van der Waals surface area contributed by atoms with Crippen molar-refractivity contribution in [3.8, 4) is 5.69 Å². The van der Waals surface area contributed by atoms with E-state index in [1.807, 2.05) is 18.4 Å². The van der Waals surface area contributed by atoms with Crippen molar-refractivity contribution in [3.63, 3.8) is 0 Å². The lowest BCUT2D eigenvalue weighted by Gasteiger charge is -2.22. The molecule has 0 bridgehead atoms. The Balaban J connectivity index is 1.57. The Morgan fingerprint density at radius 3 is 2.70 bits per heavy atom. The second-order valence-corrected chi connectivity index (χ2v) is 8.10. The van der Waals surface area contributed by atoms with Gasteiger partial charge in [0.15, 0.2) is 5.78 Å². The summed E-state index contributed by atoms with van der Waals surface area (Å²) in [7, 11) is 1.62. The van der Waals surface area contributed by atoms with Gasteiger partial charge in [0.05, 0.1) is 18.8 Å². The lowest BCUT2D eigenvalue weighted by atomic mass is 9.91. The molecule has 0 spiro atoms. The predicted molar refractivity (Wildman–Crippen MR) is 117 cm³/mol. The van der Waals surface area contributed by atoms with Gasteiger partial charge in [-0.1, -0.05) is 12.1 Å². The number of urea groups is 1. The van der Waals surface area contributed by atoms with Crippen molar-refractivity contribution < 1.29 is 19.1 Å². The van der Waals surface area contributed by atoms with Gasteiger partial charge in [-0.15, -0.1) is 5.10 Å². The molecule has 33 heavy (non-hydrogen) atoms. The average Bonchev–Trinajstić information content (AvgIpc) is 3.48. The predicted octanol–water partition coefficient (Wildman–Crippen LogP) is 1.38. The smallest absolute Gasteiger partial charge is 0.325 e. The monoisotopic (exact) mass is 451 g/mol. The summed E-state index contributed by atoms with van der Waals surface area (Å²) >= 11 is 0. The highest BCUT2D eigenvalue weighted by Gasteiger charge is 2.49. The van der Waals surface area contributed by atoms with Crippen LogP contribution < -0.4 is 5.32 Å². The average molecular weight is 451 g/mol. The molecule has 3 aromatic rings. The van der Waals surface area contributed by atoms with Crippen molar-refractivity contribution >= 4 is 17.7 Å². The number of methoxy groups -OCH3 is 1. The Bertz CT molecular complexity index is 1220. The number of rotatable bonds is 8. The van der Waals surface area contributed by atoms with Gasteiger partial charge in [-0.2, -0.15) is 0 Å². The van der Waals surface area contributed by atoms with E-state index in [0.29, 0.717) is 30.0 Å². The van der Waals surface area contributed by atoms with Crippen molar-refractivity contribution in [2.75, 3.05) is 20.3 Å². The number of amides is 3. The fourth-order valence-electron chi connectivity index (χ4n) is 4.11. The van der Waals surface area contributed by atoms with Crippen LogP contribution in [-0.2, 0) is 21.6 Å². The largest absolute Gasteiger partial charge is 0.383 e. The fraction of sp³-hybridized carbons (Fsp3) is 0.364. The van der Waals surface area contributed by atoms with Crippen LogP contribution in [-0.4, -0.2) is 67.7 Å². The van der Waals surface area contributed by atoms with Crippen molar-refractivity contribution in [2.45, 2.75) is 32.9 Å². The van der Waals surface area contributed by atoms with E-state index < -0.39 is 17.5 Å². The van der Waals surface area contributed by atoms with Gasteiger partial charge in [0, 0.05) is 30.6 Å². The molecule has 3 heterocycles. The molecule has 0 saturated carbocycles. The van der Waals surface area contributed by atoms with Gasteiger partial charge < -0.3 is 14.6 Å². The molecule has 1 fully saturated rings. The molecule has 0 unspecified atom stereocenters. The van der Waals surface area contributed by atoms with E-state index in [9.17, 15) is 14.4 Å². The first-order chi connectivity index (χ1) is 15.8. The van der Waals surface area contributed by atoms with Crippen LogP contribution in [0.1, 0.15) is 34.2 Å². The van der Waals surface area contributed by atoms with Crippen LogP contribution >= 0.6 is 0 Å². The third-order valence-electron chi connectivity index (χ3n) is 6.01. The van der Waals surface area contributed by atoms with E-state index in [-0.39, 0.29) is 12.3 Å². The van der Waals surface area contributed by atoms with Crippen LogP contribution in [0.5, 0.6) is 0 Å². The number of nitrogens with one attached hydrogen (secondary N) is 1. The van der Waals surface area contributed by atoms with Crippen LogP contribution in [0.4, 0.5) is 4.79 Å². The van der Waals surface area contributed by atoms with E-state index in [4.69, 9.17) is 4.74 Å². The van der Waals surface area contributed by atoms with Gasteiger partial charge in [0.2, 0.25) is 0 Å². The Hall–Kier alpha value is -3.86. The zero-order valence-electron chi connectivity index (χ0n) is 18.9. The van der Waals surface area contributed by atoms with Crippen LogP contribution in [0.3, 0.4) is 0 Å². The maximum Gasteiger partial charge on any atom is 0.325 e. The van der Waals surface area contributed by atoms with Crippen molar-refractivity contribution in [2.24, 2.45) is 0 Å². The van der Waals surface area contributed by atoms with Gasteiger partial charge >= 0.3 is 6.03 Å². The number of hydrogen-bond acceptors (Lipinski definition) is 7. The zero-order chi connectivity index (χ0) is 23.8. The second kappa shape index (κ2) is 8.58. The van der Waals surface area contributed by atoms with Crippen molar-refractivity contribution in [1.29, 1.82) is 0 Å². The number of tetrazole rings is 1. The minimum absolute atomic E-state index is 0.304. The summed E-state index contributed by atoms with van der Waals surface area (Å²) in [4.78, 5) is 40.1. The number of benzene rings is 1. The summed E-state index contributed by atoms with van der Waals surface area (Å²) in [6, 6.07) is 8.16. The molecule has 2 aromatic heterocycles. The first kappa shape index (κ1) is 22.3. The molecule has 0 radical (unpaired) electrons. The third-order valence-corrected chi connectivity index (χ3v) is 6.01. The summed E-state index contributed by atoms with van der Waals surface area (Å²) in [5.41, 5.74) is 2.04. The molecule has 1 saturated heterocycles. The number of carbonyl (C=O) groups is 3. The molecular weight excluding hydrogens is 426 g/mol. The molecule has 1 aromatic carbocycles. The molecule has 1 N–H and O–H groups in total. The quantitative estimate of drug-likeness (QED) is 0.405. The lowest BCUT2D eigenvalue weighted by molar-refractivity contribution is -0.130.